The zero-order chi connectivity index (χ0) is 20.1. The summed E-state index contributed by atoms with van der Waals surface area (Å²) in [5.41, 5.74) is 2.05. The summed E-state index contributed by atoms with van der Waals surface area (Å²) in [6, 6.07) is 14.0. The van der Waals surface area contributed by atoms with Crippen LogP contribution < -0.4 is 16.0 Å². The molecule has 0 bridgehead atoms. The molecule has 0 unspecified atom stereocenters. The Kier molecular flexibility index (Phi) is 5.59. The van der Waals surface area contributed by atoms with Gasteiger partial charge in [-0.25, -0.2) is 14.4 Å². The zero-order valence-electron chi connectivity index (χ0n) is 15.3. The van der Waals surface area contributed by atoms with Crippen LogP contribution in [0.4, 0.5) is 27.3 Å². The van der Waals surface area contributed by atoms with Gasteiger partial charge >= 0.3 is 0 Å². The summed E-state index contributed by atoms with van der Waals surface area (Å²) in [5, 5.41) is 8.45. The van der Waals surface area contributed by atoms with Gasteiger partial charge in [0.05, 0.1) is 0 Å². The summed E-state index contributed by atoms with van der Waals surface area (Å²) in [6.07, 6.45) is 0. The van der Waals surface area contributed by atoms with Crippen molar-refractivity contribution in [2.24, 2.45) is 0 Å². The fourth-order valence-electron chi connectivity index (χ4n) is 2.46. The third-order valence-corrected chi connectivity index (χ3v) is 3.65. The SMILES string of the molecule is CC(=O)Nc1ccc(Nc2cc(C(=O)Nc3ccc(F)cc3)nc(C)n2)cc1. The molecule has 8 heteroatoms. The minimum atomic E-state index is -0.429. The molecule has 1 aromatic heterocycles. The summed E-state index contributed by atoms with van der Waals surface area (Å²) in [4.78, 5) is 31.9. The molecule has 0 saturated heterocycles. The molecular formula is C20H18FN5O2. The molecule has 0 aliphatic carbocycles. The third-order valence-electron chi connectivity index (χ3n) is 3.65. The van der Waals surface area contributed by atoms with Crippen LogP contribution in [0.1, 0.15) is 23.2 Å². The van der Waals surface area contributed by atoms with Gasteiger partial charge in [0.1, 0.15) is 23.2 Å². The van der Waals surface area contributed by atoms with Gasteiger partial charge in [-0.1, -0.05) is 0 Å². The van der Waals surface area contributed by atoms with E-state index in [1.165, 1.54) is 37.3 Å². The van der Waals surface area contributed by atoms with Crippen molar-refractivity contribution >= 4 is 34.7 Å². The number of carbonyl (C=O) groups excluding carboxylic acids is 2. The van der Waals surface area contributed by atoms with E-state index in [-0.39, 0.29) is 17.4 Å². The number of benzene rings is 2. The second kappa shape index (κ2) is 8.26. The quantitative estimate of drug-likeness (QED) is 0.625. The Hall–Kier alpha value is -3.81. The summed E-state index contributed by atoms with van der Waals surface area (Å²) in [5.74, 6) is -0.0925. The number of nitrogens with one attached hydrogen (secondary N) is 3. The molecule has 142 valence electrons. The highest BCUT2D eigenvalue weighted by molar-refractivity contribution is 6.03. The van der Waals surface area contributed by atoms with Crippen LogP contribution in [0.2, 0.25) is 0 Å². The Labute approximate surface area is 161 Å². The van der Waals surface area contributed by atoms with Crippen LogP contribution in [0.25, 0.3) is 0 Å². The average Bonchev–Trinajstić information content (AvgIpc) is 2.64. The minimum Gasteiger partial charge on any atom is -0.340 e. The van der Waals surface area contributed by atoms with Gasteiger partial charge in [0.25, 0.3) is 5.91 Å². The molecule has 3 aromatic rings. The van der Waals surface area contributed by atoms with Crippen LogP contribution in [0, 0.1) is 12.7 Å². The average molecular weight is 379 g/mol. The molecule has 3 N–H and O–H groups in total. The van der Waals surface area contributed by atoms with Crippen LogP contribution in [-0.2, 0) is 4.79 Å². The van der Waals surface area contributed by atoms with E-state index in [4.69, 9.17) is 0 Å². The fourth-order valence-corrected chi connectivity index (χ4v) is 2.46. The van der Waals surface area contributed by atoms with Crippen molar-refractivity contribution in [3.05, 3.63) is 71.9 Å². The van der Waals surface area contributed by atoms with Gasteiger partial charge in [0.15, 0.2) is 0 Å². The number of anilines is 4. The Morgan fingerprint density at radius 2 is 1.43 bits per heavy atom. The number of hydrogen-bond acceptors (Lipinski definition) is 5. The maximum Gasteiger partial charge on any atom is 0.274 e. The van der Waals surface area contributed by atoms with E-state index in [9.17, 15) is 14.0 Å². The van der Waals surface area contributed by atoms with Crippen LogP contribution in [0.15, 0.2) is 54.6 Å². The number of hydrogen-bond donors (Lipinski definition) is 3. The standard InChI is InChI=1S/C20H18FN5O2/c1-12-22-18(20(28)26-17-5-3-14(21)4-6-17)11-19(23-12)25-16-9-7-15(8-10-16)24-13(2)27/h3-11H,1-2H3,(H,24,27)(H,26,28)(H,22,23,25). The molecule has 0 spiro atoms. The lowest BCUT2D eigenvalue weighted by Gasteiger charge is -2.10. The maximum atomic E-state index is 13.0. The number of amides is 2. The van der Waals surface area contributed by atoms with Gasteiger partial charge in [-0.15, -0.1) is 0 Å². The predicted molar refractivity (Wildman–Crippen MR) is 105 cm³/mol. The lowest BCUT2D eigenvalue weighted by atomic mass is 10.2. The van der Waals surface area contributed by atoms with Crippen molar-refractivity contribution in [3.8, 4) is 0 Å². The summed E-state index contributed by atoms with van der Waals surface area (Å²) < 4.78 is 13.0. The summed E-state index contributed by atoms with van der Waals surface area (Å²) in [6.45, 7) is 3.12. The topological polar surface area (TPSA) is 96.0 Å². The van der Waals surface area contributed by atoms with Crippen LogP contribution >= 0.6 is 0 Å². The van der Waals surface area contributed by atoms with Gasteiger partial charge in [-0.3, -0.25) is 9.59 Å². The number of nitrogens with zero attached hydrogens (tertiary/aromatic N) is 2. The van der Waals surface area contributed by atoms with Gasteiger partial charge in [0, 0.05) is 30.1 Å². The van der Waals surface area contributed by atoms with Gasteiger partial charge < -0.3 is 16.0 Å². The highest BCUT2D eigenvalue weighted by Crippen LogP contribution is 2.19. The monoisotopic (exact) mass is 379 g/mol. The largest absolute Gasteiger partial charge is 0.340 e. The molecule has 28 heavy (non-hydrogen) atoms. The Balaban J connectivity index is 1.74. The van der Waals surface area contributed by atoms with Crippen molar-refractivity contribution in [1.29, 1.82) is 0 Å². The van der Waals surface area contributed by atoms with Gasteiger partial charge in [-0.05, 0) is 55.5 Å². The first kappa shape index (κ1) is 19.0. The van der Waals surface area contributed by atoms with E-state index in [2.05, 4.69) is 25.9 Å². The van der Waals surface area contributed by atoms with Crippen LogP contribution in [0.3, 0.4) is 0 Å². The molecule has 7 nitrogen and oxygen atoms in total. The van der Waals surface area contributed by atoms with Crippen LogP contribution in [-0.4, -0.2) is 21.8 Å². The van der Waals surface area contributed by atoms with Crippen molar-refractivity contribution in [3.63, 3.8) is 0 Å². The molecule has 0 fully saturated rings. The highest BCUT2D eigenvalue weighted by atomic mass is 19.1. The Morgan fingerprint density at radius 3 is 2.07 bits per heavy atom. The third kappa shape index (κ3) is 5.10. The molecule has 0 saturated carbocycles. The number of aryl methyl sites for hydroxylation is 1. The first-order valence-electron chi connectivity index (χ1n) is 8.46. The molecule has 0 aliphatic rings. The summed E-state index contributed by atoms with van der Waals surface area (Å²) >= 11 is 0. The normalized spacial score (nSPS) is 10.2. The number of rotatable bonds is 5. The van der Waals surface area contributed by atoms with E-state index in [1.807, 2.05) is 0 Å². The number of halogens is 1. The molecule has 0 radical (unpaired) electrons. The molecule has 1 heterocycles. The lowest BCUT2D eigenvalue weighted by Crippen LogP contribution is -2.15. The van der Waals surface area contributed by atoms with Crippen LogP contribution in [0.5, 0.6) is 0 Å². The van der Waals surface area contributed by atoms with Gasteiger partial charge in [-0.2, -0.15) is 0 Å². The summed E-state index contributed by atoms with van der Waals surface area (Å²) in [7, 11) is 0. The second-order valence-corrected chi connectivity index (χ2v) is 6.03. The molecule has 0 aliphatic heterocycles. The Bertz CT molecular complexity index is 1000. The van der Waals surface area contributed by atoms with E-state index < -0.39 is 5.91 Å². The van der Waals surface area contributed by atoms with E-state index in [0.717, 1.165) is 5.69 Å². The second-order valence-electron chi connectivity index (χ2n) is 6.03. The molecule has 2 amide bonds. The fraction of sp³-hybridized carbons (Fsp3) is 0.100. The predicted octanol–water partition coefficient (Wildman–Crippen LogP) is 3.88. The van der Waals surface area contributed by atoms with E-state index in [0.29, 0.717) is 23.0 Å². The Morgan fingerprint density at radius 1 is 0.857 bits per heavy atom. The van der Waals surface area contributed by atoms with E-state index >= 15 is 0 Å². The smallest absolute Gasteiger partial charge is 0.274 e. The molecular weight excluding hydrogens is 361 g/mol. The first-order valence-corrected chi connectivity index (χ1v) is 8.46. The maximum absolute atomic E-state index is 13.0. The van der Waals surface area contributed by atoms with Crippen molar-refractivity contribution in [2.45, 2.75) is 13.8 Å². The number of aromatic nitrogens is 2. The van der Waals surface area contributed by atoms with Crippen molar-refractivity contribution in [2.75, 3.05) is 16.0 Å². The number of carbonyl (C=O) groups is 2. The zero-order valence-corrected chi connectivity index (χ0v) is 15.3. The molecule has 2 aromatic carbocycles. The minimum absolute atomic E-state index is 0.149. The van der Waals surface area contributed by atoms with Crippen molar-refractivity contribution in [1.82, 2.24) is 9.97 Å². The van der Waals surface area contributed by atoms with Crippen molar-refractivity contribution < 1.29 is 14.0 Å². The first-order chi connectivity index (χ1) is 13.4. The molecule has 3 rings (SSSR count). The highest BCUT2D eigenvalue weighted by Gasteiger charge is 2.11. The van der Waals surface area contributed by atoms with E-state index in [1.54, 1.807) is 31.2 Å². The van der Waals surface area contributed by atoms with Gasteiger partial charge in [0.2, 0.25) is 5.91 Å². The lowest BCUT2D eigenvalue weighted by molar-refractivity contribution is -0.114. The molecule has 0 atom stereocenters.